The average molecular weight is 484 g/mol. The second-order valence-electron chi connectivity index (χ2n) is 7.50. The molecule has 0 fully saturated rings. The highest BCUT2D eigenvalue weighted by Crippen LogP contribution is 2.21. The molecule has 0 spiro atoms. The number of nitrogens with zero attached hydrogens (tertiary/aromatic N) is 2. The van der Waals surface area contributed by atoms with Gasteiger partial charge in [-0.15, -0.1) is 12.4 Å². The fourth-order valence-electron chi connectivity index (χ4n) is 3.56. The van der Waals surface area contributed by atoms with Crippen molar-refractivity contribution < 1.29 is 5.11 Å². The van der Waals surface area contributed by atoms with E-state index in [-0.39, 0.29) is 12.4 Å². The van der Waals surface area contributed by atoms with Gasteiger partial charge in [-0.1, -0.05) is 72.2 Å². The molecule has 2 atom stereocenters. The molecular formula is C24H36BrClN2O. The molecule has 5 heteroatoms. The van der Waals surface area contributed by atoms with Gasteiger partial charge < -0.3 is 10.0 Å². The Morgan fingerprint density at radius 1 is 0.966 bits per heavy atom. The first kappa shape index (κ1) is 26.1. The second kappa shape index (κ2) is 14.2. The van der Waals surface area contributed by atoms with Crippen LogP contribution in [0, 0.1) is 0 Å². The third-order valence-corrected chi connectivity index (χ3v) is 6.03. The van der Waals surface area contributed by atoms with Crippen molar-refractivity contribution in [1.82, 2.24) is 9.80 Å². The van der Waals surface area contributed by atoms with E-state index in [2.05, 4.69) is 76.8 Å². The van der Waals surface area contributed by atoms with E-state index in [9.17, 15) is 5.11 Å². The Balaban J connectivity index is 0.00000420. The van der Waals surface area contributed by atoms with Crippen molar-refractivity contribution >= 4 is 28.3 Å². The molecule has 0 saturated carbocycles. The predicted molar refractivity (Wildman–Crippen MR) is 130 cm³/mol. The molecule has 3 nitrogen and oxygen atoms in total. The van der Waals surface area contributed by atoms with Crippen molar-refractivity contribution in [1.29, 1.82) is 0 Å². The van der Waals surface area contributed by atoms with E-state index in [0.29, 0.717) is 12.6 Å². The summed E-state index contributed by atoms with van der Waals surface area (Å²) in [5, 5.41) is 10.8. The molecule has 2 aromatic rings. The lowest BCUT2D eigenvalue weighted by atomic mass is 10.1. The van der Waals surface area contributed by atoms with Crippen molar-refractivity contribution in [2.75, 3.05) is 26.2 Å². The van der Waals surface area contributed by atoms with Gasteiger partial charge in [-0.2, -0.15) is 0 Å². The SMILES string of the molecule is CCN(CC)CCCC(C)N(Cc1ccccc1)CC(O)c1ccc(Br)cc1.Cl. The van der Waals surface area contributed by atoms with E-state index in [0.717, 1.165) is 42.6 Å². The first-order chi connectivity index (χ1) is 13.5. The zero-order valence-electron chi connectivity index (χ0n) is 17.9. The predicted octanol–water partition coefficient (Wildman–Crippen LogP) is 5.92. The van der Waals surface area contributed by atoms with Crippen LogP contribution in [0.4, 0.5) is 0 Å². The lowest BCUT2D eigenvalue weighted by Gasteiger charge is -2.32. The van der Waals surface area contributed by atoms with E-state index in [1.807, 2.05) is 24.3 Å². The standard InChI is InChI=1S/C24H35BrN2O.ClH/c1-4-26(5-2)17-9-10-20(3)27(18-21-11-7-6-8-12-21)19-24(28)22-13-15-23(25)16-14-22;/h6-8,11-16,20,24,28H,4-5,9-10,17-19H2,1-3H3;1H. The largest absolute Gasteiger partial charge is 0.387 e. The van der Waals surface area contributed by atoms with Crippen LogP contribution in [0.2, 0.25) is 0 Å². The number of aliphatic hydroxyl groups is 1. The number of rotatable bonds is 12. The van der Waals surface area contributed by atoms with Gasteiger partial charge >= 0.3 is 0 Å². The molecule has 2 rings (SSSR count). The molecule has 0 aliphatic carbocycles. The molecule has 0 saturated heterocycles. The summed E-state index contributed by atoms with van der Waals surface area (Å²) >= 11 is 3.47. The van der Waals surface area contributed by atoms with Crippen LogP contribution in [0.25, 0.3) is 0 Å². The Bertz CT molecular complexity index is 664. The van der Waals surface area contributed by atoms with E-state index in [1.165, 1.54) is 12.0 Å². The number of halogens is 2. The summed E-state index contributed by atoms with van der Waals surface area (Å²) in [7, 11) is 0. The fraction of sp³-hybridized carbons (Fsp3) is 0.500. The van der Waals surface area contributed by atoms with Gasteiger partial charge in [0.25, 0.3) is 0 Å². The van der Waals surface area contributed by atoms with Crippen molar-refractivity contribution in [2.24, 2.45) is 0 Å². The maximum Gasteiger partial charge on any atom is 0.0917 e. The summed E-state index contributed by atoms with van der Waals surface area (Å²) in [6.07, 6.45) is 1.83. The van der Waals surface area contributed by atoms with Crippen molar-refractivity contribution in [2.45, 2.75) is 52.3 Å². The maximum absolute atomic E-state index is 10.8. The molecular weight excluding hydrogens is 448 g/mol. The molecule has 0 radical (unpaired) electrons. The maximum atomic E-state index is 10.8. The minimum Gasteiger partial charge on any atom is -0.387 e. The summed E-state index contributed by atoms with van der Waals surface area (Å²) in [5.41, 5.74) is 2.26. The van der Waals surface area contributed by atoms with E-state index in [1.54, 1.807) is 0 Å². The molecule has 0 bridgehead atoms. The van der Waals surface area contributed by atoms with Crippen LogP contribution in [-0.2, 0) is 6.54 Å². The molecule has 162 valence electrons. The lowest BCUT2D eigenvalue weighted by Crippen LogP contribution is -2.36. The van der Waals surface area contributed by atoms with Crippen LogP contribution in [0.1, 0.15) is 50.8 Å². The summed E-state index contributed by atoms with van der Waals surface area (Å²) in [6.45, 7) is 11.6. The van der Waals surface area contributed by atoms with E-state index >= 15 is 0 Å². The van der Waals surface area contributed by atoms with E-state index < -0.39 is 6.10 Å². The molecule has 2 unspecified atom stereocenters. The third-order valence-electron chi connectivity index (χ3n) is 5.50. The van der Waals surface area contributed by atoms with Gasteiger partial charge in [-0.05, 0) is 62.7 Å². The summed E-state index contributed by atoms with van der Waals surface area (Å²) in [4.78, 5) is 4.90. The highest BCUT2D eigenvalue weighted by Gasteiger charge is 2.19. The number of hydrogen-bond acceptors (Lipinski definition) is 3. The fourth-order valence-corrected chi connectivity index (χ4v) is 3.83. The van der Waals surface area contributed by atoms with Crippen molar-refractivity contribution in [3.8, 4) is 0 Å². The number of hydrogen-bond donors (Lipinski definition) is 1. The van der Waals surface area contributed by atoms with Gasteiger partial charge in [0, 0.05) is 23.6 Å². The third kappa shape index (κ3) is 9.18. The molecule has 0 aliphatic heterocycles. The lowest BCUT2D eigenvalue weighted by molar-refractivity contribution is 0.0816. The Hall–Kier alpha value is -0.910. The first-order valence-corrected chi connectivity index (χ1v) is 11.3. The summed E-state index contributed by atoms with van der Waals surface area (Å²) in [5.74, 6) is 0. The van der Waals surface area contributed by atoms with Crippen LogP contribution < -0.4 is 0 Å². The first-order valence-electron chi connectivity index (χ1n) is 10.5. The smallest absolute Gasteiger partial charge is 0.0917 e. The molecule has 0 aliphatic rings. The minimum atomic E-state index is -0.484. The molecule has 0 aromatic heterocycles. The Morgan fingerprint density at radius 3 is 2.17 bits per heavy atom. The molecule has 29 heavy (non-hydrogen) atoms. The Morgan fingerprint density at radius 2 is 1.59 bits per heavy atom. The van der Waals surface area contributed by atoms with E-state index in [4.69, 9.17) is 0 Å². The van der Waals surface area contributed by atoms with Gasteiger partial charge in [-0.3, -0.25) is 4.90 Å². The van der Waals surface area contributed by atoms with Gasteiger partial charge in [0.05, 0.1) is 6.10 Å². The highest BCUT2D eigenvalue weighted by molar-refractivity contribution is 9.10. The Labute approximate surface area is 191 Å². The van der Waals surface area contributed by atoms with Crippen LogP contribution >= 0.6 is 28.3 Å². The quantitative estimate of drug-likeness (QED) is 0.406. The topological polar surface area (TPSA) is 26.7 Å². The molecule has 2 aromatic carbocycles. The number of aliphatic hydroxyl groups excluding tert-OH is 1. The Kier molecular flexibility index (Phi) is 12.8. The highest BCUT2D eigenvalue weighted by atomic mass is 79.9. The molecule has 0 amide bonds. The summed E-state index contributed by atoms with van der Waals surface area (Å²) < 4.78 is 1.04. The van der Waals surface area contributed by atoms with Gasteiger partial charge in [-0.25, -0.2) is 0 Å². The summed E-state index contributed by atoms with van der Waals surface area (Å²) in [6, 6.07) is 19.0. The average Bonchev–Trinajstić information content (AvgIpc) is 2.71. The van der Waals surface area contributed by atoms with Crippen LogP contribution in [0.15, 0.2) is 59.1 Å². The second-order valence-corrected chi connectivity index (χ2v) is 8.42. The minimum absolute atomic E-state index is 0. The molecule has 1 N–H and O–H groups in total. The van der Waals surface area contributed by atoms with Gasteiger partial charge in [0.1, 0.15) is 0 Å². The molecule has 0 heterocycles. The zero-order chi connectivity index (χ0) is 20.4. The monoisotopic (exact) mass is 482 g/mol. The van der Waals surface area contributed by atoms with Crippen molar-refractivity contribution in [3.63, 3.8) is 0 Å². The van der Waals surface area contributed by atoms with Crippen LogP contribution in [0.5, 0.6) is 0 Å². The van der Waals surface area contributed by atoms with Crippen LogP contribution in [0.3, 0.4) is 0 Å². The zero-order valence-corrected chi connectivity index (χ0v) is 20.3. The van der Waals surface area contributed by atoms with Crippen molar-refractivity contribution in [3.05, 3.63) is 70.2 Å². The van der Waals surface area contributed by atoms with Gasteiger partial charge in [0.15, 0.2) is 0 Å². The van der Waals surface area contributed by atoms with Crippen LogP contribution in [-0.4, -0.2) is 47.1 Å². The normalized spacial score (nSPS) is 13.3. The number of benzene rings is 2. The van der Waals surface area contributed by atoms with Gasteiger partial charge in [0.2, 0.25) is 0 Å².